The third-order valence-electron chi connectivity index (χ3n) is 4.87. The molecule has 1 aliphatic heterocycles. The van der Waals surface area contributed by atoms with Crippen molar-refractivity contribution in [3.8, 4) is 0 Å². The van der Waals surface area contributed by atoms with Crippen LogP contribution in [0.15, 0.2) is 59.5 Å². The van der Waals surface area contributed by atoms with E-state index in [1.165, 1.54) is 17.7 Å². The van der Waals surface area contributed by atoms with Gasteiger partial charge in [0.1, 0.15) is 0 Å². The fraction of sp³-hybridized carbons (Fsp3) is 0.381. The van der Waals surface area contributed by atoms with Crippen molar-refractivity contribution in [2.45, 2.75) is 43.5 Å². The van der Waals surface area contributed by atoms with E-state index < -0.39 is 10.0 Å². The van der Waals surface area contributed by atoms with Gasteiger partial charge in [-0.25, -0.2) is 17.9 Å². The predicted octanol–water partition coefficient (Wildman–Crippen LogP) is 3.61. The molecule has 7 heteroatoms. The van der Waals surface area contributed by atoms with Gasteiger partial charge in [-0.3, -0.25) is 0 Å². The van der Waals surface area contributed by atoms with Crippen molar-refractivity contribution in [2.75, 3.05) is 18.4 Å². The van der Waals surface area contributed by atoms with E-state index in [1.807, 2.05) is 37.3 Å². The zero-order valence-electron chi connectivity index (χ0n) is 16.1. The summed E-state index contributed by atoms with van der Waals surface area (Å²) in [5.74, 6) is 0. The first-order chi connectivity index (χ1) is 13.4. The number of benzene rings is 2. The fourth-order valence-electron chi connectivity index (χ4n) is 3.26. The van der Waals surface area contributed by atoms with E-state index in [9.17, 15) is 13.2 Å². The summed E-state index contributed by atoms with van der Waals surface area (Å²) in [5, 5.41) is 2.81. The van der Waals surface area contributed by atoms with Crippen LogP contribution in [0.5, 0.6) is 0 Å². The Bertz CT molecular complexity index is 877. The number of nitrogens with zero attached hydrogens (tertiary/aromatic N) is 1. The molecule has 150 valence electrons. The number of sulfonamides is 1. The molecule has 28 heavy (non-hydrogen) atoms. The maximum absolute atomic E-state index is 12.6. The van der Waals surface area contributed by atoms with E-state index in [2.05, 4.69) is 10.0 Å². The Morgan fingerprint density at radius 1 is 1.04 bits per heavy atom. The van der Waals surface area contributed by atoms with Crippen LogP contribution in [0.1, 0.15) is 31.7 Å². The minimum Gasteiger partial charge on any atom is -0.325 e. The Morgan fingerprint density at radius 3 is 2.32 bits per heavy atom. The van der Waals surface area contributed by atoms with Crippen LogP contribution < -0.4 is 10.0 Å². The van der Waals surface area contributed by atoms with E-state index in [0.717, 1.165) is 32.4 Å². The normalized spacial score (nSPS) is 15.4. The second kappa shape index (κ2) is 9.21. The molecule has 2 aromatic rings. The van der Waals surface area contributed by atoms with Crippen molar-refractivity contribution >= 4 is 21.7 Å². The molecule has 0 unspecified atom stereocenters. The zero-order chi connectivity index (χ0) is 20.0. The molecule has 1 fully saturated rings. The van der Waals surface area contributed by atoms with Crippen molar-refractivity contribution in [1.29, 1.82) is 0 Å². The summed E-state index contributed by atoms with van der Waals surface area (Å²) in [7, 11) is -3.60. The molecule has 2 aromatic carbocycles. The van der Waals surface area contributed by atoms with E-state index >= 15 is 0 Å². The lowest BCUT2D eigenvalue weighted by atomic mass is 10.1. The van der Waals surface area contributed by atoms with Gasteiger partial charge < -0.3 is 10.2 Å². The second-order valence-corrected chi connectivity index (χ2v) is 8.91. The van der Waals surface area contributed by atoms with E-state index in [-0.39, 0.29) is 17.0 Å². The number of carbonyl (C=O) groups is 1. The van der Waals surface area contributed by atoms with E-state index in [4.69, 9.17) is 0 Å². The Morgan fingerprint density at radius 2 is 1.68 bits per heavy atom. The van der Waals surface area contributed by atoms with Gasteiger partial charge in [0.15, 0.2) is 0 Å². The molecule has 1 saturated heterocycles. The zero-order valence-corrected chi connectivity index (χ0v) is 16.9. The minimum absolute atomic E-state index is 0.138. The summed E-state index contributed by atoms with van der Waals surface area (Å²) in [6.45, 7) is 3.40. The first kappa shape index (κ1) is 20.4. The first-order valence-electron chi connectivity index (χ1n) is 9.66. The summed E-state index contributed by atoms with van der Waals surface area (Å²) in [6.07, 6.45) is 3.58. The highest BCUT2D eigenvalue weighted by Crippen LogP contribution is 2.17. The van der Waals surface area contributed by atoms with Crippen LogP contribution in [0.3, 0.4) is 0 Å². The molecule has 2 N–H and O–H groups in total. The molecule has 0 saturated carbocycles. The summed E-state index contributed by atoms with van der Waals surface area (Å²) >= 11 is 0. The van der Waals surface area contributed by atoms with Crippen LogP contribution in [0.2, 0.25) is 0 Å². The summed E-state index contributed by atoms with van der Waals surface area (Å²) < 4.78 is 27.9. The molecule has 1 atom stereocenters. The van der Waals surface area contributed by atoms with Gasteiger partial charge >= 0.3 is 6.03 Å². The topological polar surface area (TPSA) is 78.5 Å². The number of rotatable bonds is 7. The van der Waals surface area contributed by atoms with Crippen LogP contribution in [0.4, 0.5) is 10.5 Å². The van der Waals surface area contributed by atoms with Crippen LogP contribution in [-0.2, 0) is 16.4 Å². The van der Waals surface area contributed by atoms with Crippen molar-refractivity contribution in [3.05, 3.63) is 60.2 Å². The standard InChI is InChI=1S/C21H27N3O3S/c1-17(9-10-18-7-3-2-4-8-18)23-28(26,27)20-13-11-19(12-14-20)22-21(25)24-15-5-6-16-24/h2-4,7-8,11-14,17,23H,5-6,9-10,15-16H2,1H3,(H,22,25)/t17-/m0/s1. The first-order valence-corrected chi connectivity index (χ1v) is 11.1. The molecule has 2 amide bonds. The van der Waals surface area contributed by atoms with Crippen molar-refractivity contribution < 1.29 is 13.2 Å². The van der Waals surface area contributed by atoms with Crippen molar-refractivity contribution in [2.24, 2.45) is 0 Å². The largest absolute Gasteiger partial charge is 0.325 e. The highest BCUT2D eigenvalue weighted by atomic mass is 32.2. The number of amides is 2. The van der Waals surface area contributed by atoms with Gasteiger partial charge in [-0.05, 0) is 62.4 Å². The average molecular weight is 402 g/mol. The van der Waals surface area contributed by atoms with Crippen LogP contribution >= 0.6 is 0 Å². The maximum Gasteiger partial charge on any atom is 0.321 e. The predicted molar refractivity (Wildman–Crippen MR) is 111 cm³/mol. The third kappa shape index (κ3) is 5.56. The molecule has 0 aliphatic carbocycles. The average Bonchev–Trinajstić information content (AvgIpc) is 3.22. The van der Waals surface area contributed by atoms with E-state index in [1.54, 1.807) is 17.0 Å². The Kier molecular flexibility index (Phi) is 6.70. The fourth-order valence-corrected chi connectivity index (χ4v) is 4.54. The number of hydrogen-bond acceptors (Lipinski definition) is 3. The SMILES string of the molecule is C[C@@H](CCc1ccccc1)NS(=O)(=O)c1ccc(NC(=O)N2CCCC2)cc1. The molecule has 3 rings (SSSR count). The Hall–Kier alpha value is -2.38. The van der Waals surface area contributed by atoms with Crippen LogP contribution in [-0.4, -0.2) is 38.5 Å². The number of likely N-dealkylation sites (tertiary alicyclic amines) is 1. The van der Waals surface area contributed by atoms with Gasteiger partial charge in [-0.15, -0.1) is 0 Å². The molecule has 0 aromatic heterocycles. The third-order valence-corrected chi connectivity index (χ3v) is 6.48. The molecule has 0 radical (unpaired) electrons. The van der Waals surface area contributed by atoms with E-state index in [0.29, 0.717) is 12.1 Å². The number of hydrogen-bond donors (Lipinski definition) is 2. The van der Waals surface area contributed by atoms with Gasteiger partial charge in [0, 0.05) is 24.8 Å². The molecular weight excluding hydrogens is 374 g/mol. The molecule has 0 spiro atoms. The maximum atomic E-state index is 12.6. The van der Waals surface area contributed by atoms with Gasteiger partial charge in [0.2, 0.25) is 10.0 Å². The van der Waals surface area contributed by atoms with Gasteiger partial charge in [0.25, 0.3) is 0 Å². The van der Waals surface area contributed by atoms with Crippen LogP contribution in [0.25, 0.3) is 0 Å². The molecule has 1 aliphatic rings. The summed E-state index contributed by atoms with van der Waals surface area (Å²) in [4.78, 5) is 14.1. The van der Waals surface area contributed by atoms with Crippen LogP contribution in [0, 0.1) is 0 Å². The van der Waals surface area contributed by atoms with Gasteiger partial charge in [0.05, 0.1) is 4.90 Å². The Balaban J connectivity index is 1.54. The number of aryl methyl sites for hydroxylation is 1. The van der Waals surface area contributed by atoms with Crippen molar-refractivity contribution in [1.82, 2.24) is 9.62 Å². The highest BCUT2D eigenvalue weighted by molar-refractivity contribution is 7.89. The smallest absolute Gasteiger partial charge is 0.321 e. The number of urea groups is 1. The van der Waals surface area contributed by atoms with Gasteiger partial charge in [-0.1, -0.05) is 30.3 Å². The quantitative estimate of drug-likeness (QED) is 0.744. The number of nitrogens with one attached hydrogen (secondary N) is 2. The van der Waals surface area contributed by atoms with Crippen molar-refractivity contribution in [3.63, 3.8) is 0 Å². The lowest BCUT2D eigenvalue weighted by Crippen LogP contribution is -2.33. The molecule has 6 nitrogen and oxygen atoms in total. The lowest BCUT2D eigenvalue weighted by Gasteiger charge is -2.17. The second-order valence-electron chi connectivity index (χ2n) is 7.20. The lowest BCUT2D eigenvalue weighted by molar-refractivity contribution is 0.222. The molecular formula is C21H27N3O3S. The summed E-state index contributed by atoms with van der Waals surface area (Å²) in [6, 6.07) is 16.0. The minimum atomic E-state index is -3.60. The molecule has 0 bridgehead atoms. The summed E-state index contributed by atoms with van der Waals surface area (Å²) in [5.41, 5.74) is 1.78. The Labute approximate surface area is 167 Å². The number of anilines is 1. The molecule has 1 heterocycles. The van der Waals surface area contributed by atoms with Gasteiger partial charge in [-0.2, -0.15) is 0 Å². The number of carbonyl (C=O) groups excluding carboxylic acids is 1. The highest BCUT2D eigenvalue weighted by Gasteiger charge is 2.19. The monoisotopic (exact) mass is 401 g/mol.